The SMILES string of the molecule is C=C(C)C(=O)OCC(O)Cl. The van der Waals surface area contributed by atoms with Gasteiger partial charge in [-0.15, -0.1) is 0 Å². The van der Waals surface area contributed by atoms with Crippen LogP contribution >= 0.6 is 11.6 Å². The van der Waals surface area contributed by atoms with E-state index in [2.05, 4.69) is 11.3 Å². The normalized spacial score (nSPS) is 12.3. The molecule has 0 aromatic carbocycles. The van der Waals surface area contributed by atoms with Crippen molar-refractivity contribution in [2.45, 2.75) is 12.5 Å². The molecule has 0 saturated heterocycles. The molecule has 0 radical (unpaired) electrons. The van der Waals surface area contributed by atoms with Crippen LogP contribution in [0.4, 0.5) is 0 Å². The summed E-state index contributed by atoms with van der Waals surface area (Å²) < 4.78 is 4.44. The summed E-state index contributed by atoms with van der Waals surface area (Å²) in [4.78, 5) is 10.6. The summed E-state index contributed by atoms with van der Waals surface area (Å²) >= 11 is 5.08. The second kappa shape index (κ2) is 4.30. The van der Waals surface area contributed by atoms with Gasteiger partial charge in [-0.25, -0.2) is 4.79 Å². The number of ether oxygens (including phenoxy) is 1. The lowest BCUT2D eigenvalue weighted by molar-refractivity contribution is -0.140. The second-order valence-corrected chi connectivity index (χ2v) is 2.32. The van der Waals surface area contributed by atoms with Gasteiger partial charge in [0.15, 0.2) is 5.56 Å². The van der Waals surface area contributed by atoms with Gasteiger partial charge in [-0.05, 0) is 6.92 Å². The van der Waals surface area contributed by atoms with Gasteiger partial charge in [0, 0.05) is 5.57 Å². The molecule has 0 aromatic heterocycles. The number of carbonyl (C=O) groups excluding carboxylic acids is 1. The lowest BCUT2D eigenvalue weighted by Crippen LogP contribution is -2.13. The van der Waals surface area contributed by atoms with Gasteiger partial charge in [0.25, 0.3) is 0 Å². The average Bonchev–Trinajstić information content (AvgIpc) is 1.82. The maximum atomic E-state index is 10.6. The van der Waals surface area contributed by atoms with Crippen LogP contribution in [0.5, 0.6) is 0 Å². The molecule has 58 valence electrons. The minimum atomic E-state index is -1.14. The minimum Gasteiger partial charge on any atom is -0.458 e. The monoisotopic (exact) mass is 164 g/mol. The smallest absolute Gasteiger partial charge is 0.333 e. The molecular formula is C6H9ClO3. The average molecular weight is 165 g/mol. The summed E-state index contributed by atoms with van der Waals surface area (Å²) in [5, 5.41) is 8.44. The van der Waals surface area contributed by atoms with Crippen molar-refractivity contribution in [1.82, 2.24) is 0 Å². The van der Waals surface area contributed by atoms with Gasteiger partial charge in [-0.1, -0.05) is 18.2 Å². The lowest BCUT2D eigenvalue weighted by atomic mass is 10.4. The van der Waals surface area contributed by atoms with E-state index in [0.29, 0.717) is 0 Å². The number of aliphatic hydroxyl groups is 1. The number of rotatable bonds is 3. The number of hydrogen-bond donors (Lipinski definition) is 1. The van der Waals surface area contributed by atoms with Gasteiger partial charge < -0.3 is 9.84 Å². The van der Waals surface area contributed by atoms with Crippen molar-refractivity contribution in [3.8, 4) is 0 Å². The Bertz CT molecular complexity index is 142. The van der Waals surface area contributed by atoms with E-state index < -0.39 is 11.5 Å². The zero-order chi connectivity index (χ0) is 8.15. The molecule has 10 heavy (non-hydrogen) atoms. The summed E-state index contributed by atoms with van der Waals surface area (Å²) in [5.74, 6) is -0.542. The van der Waals surface area contributed by atoms with Crippen molar-refractivity contribution < 1.29 is 14.6 Å². The topological polar surface area (TPSA) is 46.5 Å². The quantitative estimate of drug-likeness (QED) is 0.379. The number of aliphatic hydroxyl groups excluding tert-OH is 1. The fourth-order valence-electron chi connectivity index (χ4n) is 0.268. The fraction of sp³-hybridized carbons (Fsp3) is 0.500. The van der Waals surface area contributed by atoms with Crippen LogP contribution < -0.4 is 0 Å². The molecule has 0 aliphatic carbocycles. The fourth-order valence-corrected chi connectivity index (χ4v) is 0.331. The van der Waals surface area contributed by atoms with E-state index in [-0.39, 0.29) is 12.2 Å². The third kappa shape index (κ3) is 4.35. The van der Waals surface area contributed by atoms with E-state index in [1.807, 2.05) is 0 Å². The highest BCUT2D eigenvalue weighted by Gasteiger charge is 2.05. The molecule has 4 heteroatoms. The van der Waals surface area contributed by atoms with Crippen molar-refractivity contribution in [2.75, 3.05) is 6.61 Å². The summed E-state index contributed by atoms with van der Waals surface area (Å²) in [6.07, 6.45) is 0. The molecule has 0 spiro atoms. The maximum Gasteiger partial charge on any atom is 0.333 e. The highest BCUT2D eigenvalue weighted by atomic mass is 35.5. The first-order chi connectivity index (χ1) is 4.54. The molecule has 1 atom stereocenters. The number of carbonyl (C=O) groups is 1. The zero-order valence-corrected chi connectivity index (χ0v) is 6.39. The molecule has 3 nitrogen and oxygen atoms in total. The molecule has 0 amide bonds. The molecule has 0 bridgehead atoms. The molecule has 1 N–H and O–H groups in total. The first kappa shape index (κ1) is 9.46. The van der Waals surface area contributed by atoms with E-state index in [9.17, 15) is 4.79 Å². The number of halogens is 1. The van der Waals surface area contributed by atoms with E-state index >= 15 is 0 Å². The summed E-state index contributed by atoms with van der Waals surface area (Å²) in [6, 6.07) is 0. The Morgan fingerprint density at radius 2 is 2.40 bits per heavy atom. The molecule has 0 rings (SSSR count). The molecule has 0 aliphatic rings. The van der Waals surface area contributed by atoms with Gasteiger partial charge in [0.1, 0.15) is 6.61 Å². The van der Waals surface area contributed by atoms with Gasteiger partial charge >= 0.3 is 5.97 Å². The van der Waals surface area contributed by atoms with Crippen LogP contribution in [-0.2, 0) is 9.53 Å². The van der Waals surface area contributed by atoms with E-state index in [4.69, 9.17) is 16.7 Å². The third-order valence-corrected chi connectivity index (χ3v) is 0.826. The lowest BCUT2D eigenvalue weighted by Gasteiger charge is -2.03. The Balaban J connectivity index is 3.50. The van der Waals surface area contributed by atoms with Crippen molar-refractivity contribution in [2.24, 2.45) is 0 Å². The second-order valence-electron chi connectivity index (χ2n) is 1.81. The summed E-state index contributed by atoms with van der Waals surface area (Å²) in [5.41, 5.74) is -0.847. The summed E-state index contributed by atoms with van der Waals surface area (Å²) in [7, 11) is 0. The number of alkyl halides is 1. The summed E-state index contributed by atoms with van der Waals surface area (Å²) in [6.45, 7) is 4.65. The maximum absolute atomic E-state index is 10.6. The first-order valence-electron chi connectivity index (χ1n) is 2.69. The molecular weight excluding hydrogens is 156 g/mol. The van der Waals surface area contributed by atoms with E-state index in [0.717, 1.165) is 0 Å². The van der Waals surface area contributed by atoms with Crippen LogP contribution in [0.25, 0.3) is 0 Å². The first-order valence-corrected chi connectivity index (χ1v) is 3.12. The van der Waals surface area contributed by atoms with E-state index in [1.165, 1.54) is 6.92 Å². The van der Waals surface area contributed by atoms with Crippen LogP contribution in [0.3, 0.4) is 0 Å². The molecule has 0 aromatic rings. The standard InChI is InChI=1S/C6H9ClO3/c1-4(2)6(9)10-3-5(7)8/h5,8H,1,3H2,2H3. The van der Waals surface area contributed by atoms with Crippen molar-refractivity contribution in [1.29, 1.82) is 0 Å². The van der Waals surface area contributed by atoms with Gasteiger partial charge in [0.2, 0.25) is 0 Å². The molecule has 0 fully saturated rings. The van der Waals surface area contributed by atoms with Crippen molar-refractivity contribution >= 4 is 17.6 Å². The zero-order valence-electron chi connectivity index (χ0n) is 5.63. The minimum absolute atomic E-state index is 0.201. The van der Waals surface area contributed by atoms with Crippen molar-refractivity contribution in [3.63, 3.8) is 0 Å². The Hall–Kier alpha value is -0.540. The van der Waals surface area contributed by atoms with Crippen LogP contribution in [0.1, 0.15) is 6.92 Å². The van der Waals surface area contributed by atoms with E-state index in [1.54, 1.807) is 0 Å². The highest BCUT2D eigenvalue weighted by molar-refractivity contribution is 6.19. The predicted octanol–water partition coefficient (Wildman–Crippen LogP) is 0.663. The Morgan fingerprint density at radius 1 is 1.90 bits per heavy atom. The van der Waals surface area contributed by atoms with Gasteiger partial charge in [0.05, 0.1) is 0 Å². The van der Waals surface area contributed by atoms with Gasteiger partial charge in [-0.2, -0.15) is 0 Å². The van der Waals surface area contributed by atoms with Crippen LogP contribution in [0, 0.1) is 0 Å². The molecule has 0 aliphatic heterocycles. The number of esters is 1. The van der Waals surface area contributed by atoms with Crippen LogP contribution in [0.15, 0.2) is 12.2 Å². The van der Waals surface area contributed by atoms with Crippen molar-refractivity contribution in [3.05, 3.63) is 12.2 Å². The molecule has 0 saturated carbocycles. The Labute approximate surface area is 64.2 Å². The molecule has 1 unspecified atom stereocenters. The predicted molar refractivity (Wildman–Crippen MR) is 37.6 cm³/mol. The third-order valence-electron chi connectivity index (χ3n) is 0.700. The largest absolute Gasteiger partial charge is 0.458 e. The Kier molecular flexibility index (Phi) is 4.07. The highest BCUT2D eigenvalue weighted by Crippen LogP contribution is 1.95. The Morgan fingerprint density at radius 3 is 2.70 bits per heavy atom. The number of hydrogen-bond acceptors (Lipinski definition) is 3. The molecule has 0 heterocycles. The van der Waals surface area contributed by atoms with Crippen LogP contribution in [-0.4, -0.2) is 23.2 Å². The van der Waals surface area contributed by atoms with Gasteiger partial charge in [-0.3, -0.25) is 0 Å². The van der Waals surface area contributed by atoms with Crippen LogP contribution in [0.2, 0.25) is 0 Å².